The Hall–Kier alpha value is -1.89. The van der Waals surface area contributed by atoms with E-state index in [2.05, 4.69) is 18.9 Å². The maximum atomic E-state index is 12.6. The number of nitrogens with zero attached hydrogens (tertiary/aromatic N) is 3. The molecule has 0 aromatic carbocycles. The van der Waals surface area contributed by atoms with Crippen molar-refractivity contribution in [3.05, 3.63) is 17.0 Å². The maximum Gasteiger partial charge on any atom is 0.328 e. The third-order valence-corrected chi connectivity index (χ3v) is 4.13. The molecule has 7 nitrogen and oxygen atoms in total. The Balaban J connectivity index is 2.16. The molecule has 2 rings (SSSR count). The SMILES string of the molecule is Cc1nn(CC(C)C)c(C)c1CC(=O)N1CCOCC1C(=O)O. The minimum Gasteiger partial charge on any atom is -0.480 e. The highest BCUT2D eigenvalue weighted by molar-refractivity contribution is 5.85. The van der Waals surface area contributed by atoms with Crippen LogP contribution in [0.3, 0.4) is 0 Å². The predicted molar refractivity (Wildman–Crippen MR) is 84.2 cm³/mol. The van der Waals surface area contributed by atoms with Crippen LogP contribution in [0.2, 0.25) is 0 Å². The molecule has 23 heavy (non-hydrogen) atoms. The number of hydrogen-bond donors (Lipinski definition) is 1. The van der Waals surface area contributed by atoms with Crippen LogP contribution in [-0.2, 0) is 27.3 Å². The van der Waals surface area contributed by atoms with Gasteiger partial charge in [-0.05, 0) is 19.8 Å². The summed E-state index contributed by atoms with van der Waals surface area (Å²) < 4.78 is 7.11. The van der Waals surface area contributed by atoms with E-state index in [1.165, 1.54) is 4.90 Å². The first-order chi connectivity index (χ1) is 10.8. The van der Waals surface area contributed by atoms with E-state index in [4.69, 9.17) is 4.74 Å². The highest BCUT2D eigenvalue weighted by Crippen LogP contribution is 2.18. The second-order valence-corrected chi connectivity index (χ2v) is 6.42. The summed E-state index contributed by atoms with van der Waals surface area (Å²) >= 11 is 0. The van der Waals surface area contributed by atoms with Gasteiger partial charge in [0.05, 0.1) is 25.3 Å². The molecule has 0 bridgehead atoms. The first-order valence-electron chi connectivity index (χ1n) is 7.94. The van der Waals surface area contributed by atoms with E-state index >= 15 is 0 Å². The molecule has 0 aliphatic carbocycles. The normalized spacial score (nSPS) is 18.5. The van der Waals surface area contributed by atoms with Gasteiger partial charge >= 0.3 is 5.97 Å². The van der Waals surface area contributed by atoms with Crippen LogP contribution in [0, 0.1) is 19.8 Å². The van der Waals surface area contributed by atoms with E-state index in [-0.39, 0.29) is 18.9 Å². The summed E-state index contributed by atoms with van der Waals surface area (Å²) in [5, 5.41) is 13.8. The second kappa shape index (κ2) is 7.12. The van der Waals surface area contributed by atoms with Gasteiger partial charge in [0, 0.05) is 24.3 Å². The standard InChI is InChI=1S/C16H25N3O4/c1-10(2)8-19-12(4)13(11(3)17-19)7-15(20)18-5-6-23-9-14(18)16(21)22/h10,14H,5-9H2,1-4H3,(H,21,22). The Bertz CT molecular complexity index is 594. The highest BCUT2D eigenvalue weighted by Gasteiger charge is 2.33. The molecule has 1 N–H and O–H groups in total. The second-order valence-electron chi connectivity index (χ2n) is 6.42. The molecule has 1 aliphatic heterocycles. The minimum atomic E-state index is -1.03. The van der Waals surface area contributed by atoms with Gasteiger partial charge in [-0.3, -0.25) is 9.48 Å². The van der Waals surface area contributed by atoms with Crippen LogP contribution < -0.4 is 0 Å². The number of carbonyl (C=O) groups is 2. The van der Waals surface area contributed by atoms with Crippen LogP contribution in [0.15, 0.2) is 0 Å². The minimum absolute atomic E-state index is 0.0473. The van der Waals surface area contributed by atoms with Crippen molar-refractivity contribution < 1.29 is 19.4 Å². The van der Waals surface area contributed by atoms with Gasteiger partial charge in [0.2, 0.25) is 5.91 Å². The van der Waals surface area contributed by atoms with Crippen molar-refractivity contribution in [2.45, 2.75) is 46.7 Å². The number of rotatable bonds is 5. The van der Waals surface area contributed by atoms with Gasteiger partial charge in [-0.25, -0.2) is 4.79 Å². The van der Waals surface area contributed by atoms with Crippen LogP contribution in [0.4, 0.5) is 0 Å². The molecular weight excluding hydrogens is 298 g/mol. The number of amides is 1. The molecule has 1 fully saturated rings. The quantitative estimate of drug-likeness (QED) is 0.874. The van der Waals surface area contributed by atoms with Crippen molar-refractivity contribution in [1.82, 2.24) is 14.7 Å². The number of carbonyl (C=O) groups excluding carboxylic acids is 1. The van der Waals surface area contributed by atoms with Crippen LogP contribution in [0.5, 0.6) is 0 Å². The number of aryl methyl sites for hydroxylation is 1. The van der Waals surface area contributed by atoms with Crippen molar-refractivity contribution in [1.29, 1.82) is 0 Å². The van der Waals surface area contributed by atoms with E-state index in [0.29, 0.717) is 19.1 Å². The molecule has 2 heterocycles. The molecule has 128 valence electrons. The molecule has 0 saturated carbocycles. The summed E-state index contributed by atoms with van der Waals surface area (Å²) in [6.07, 6.45) is 0.180. The van der Waals surface area contributed by atoms with Gasteiger partial charge in [-0.1, -0.05) is 13.8 Å². The molecule has 0 radical (unpaired) electrons. The van der Waals surface area contributed by atoms with E-state index in [0.717, 1.165) is 23.5 Å². The van der Waals surface area contributed by atoms with Gasteiger partial charge in [0.25, 0.3) is 0 Å². The molecular formula is C16H25N3O4. The van der Waals surface area contributed by atoms with Crippen LogP contribution >= 0.6 is 0 Å². The third-order valence-electron chi connectivity index (χ3n) is 4.13. The third kappa shape index (κ3) is 3.90. The lowest BCUT2D eigenvalue weighted by atomic mass is 10.1. The van der Waals surface area contributed by atoms with Crippen molar-refractivity contribution in [3.63, 3.8) is 0 Å². The molecule has 1 aromatic heterocycles. The predicted octanol–water partition coefficient (Wildman–Crippen LogP) is 1.01. The van der Waals surface area contributed by atoms with E-state index in [1.54, 1.807) is 0 Å². The number of carboxylic acid groups (broad SMARTS) is 1. The average molecular weight is 323 g/mol. The number of hydrogen-bond acceptors (Lipinski definition) is 4. The van der Waals surface area contributed by atoms with Crippen molar-refractivity contribution in [2.24, 2.45) is 5.92 Å². The zero-order valence-corrected chi connectivity index (χ0v) is 14.2. The summed E-state index contributed by atoms with van der Waals surface area (Å²) in [6.45, 7) is 9.62. The van der Waals surface area contributed by atoms with Crippen LogP contribution in [0.25, 0.3) is 0 Å². The Morgan fingerprint density at radius 2 is 2.09 bits per heavy atom. The average Bonchev–Trinajstić information content (AvgIpc) is 2.74. The molecule has 7 heteroatoms. The fourth-order valence-corrected chi connectivity index (χ4v) is 2.87. The Morgan fingerprint density at radius 1 is 1.39 bits per heavy atom. The lowest BCUT2D eigenvalue weighted by molar-refractivity contribution is -0.158. The summed E-state index contributed by atoms with van der Waals surface area (Å²) in [7, 11) is 0. The number of aromatic nitrogens is 2. The lowest BCUT2D eigenvalue weighted by Crippen LogP contribution is -2.53. The highest BCUT2D eigenvalue weighted by atomic mass is 16.5. The van der Waals surface area contributed by atoms with E-state index in [9.17, 15) is 14.7 Å². The van der Waals surface area contributed by atoms with Crippen LogP contribution in [-0.4, -0.2) is 57.5 Å². The molecule has 1 unspecified atom stereocenters. The van der Waals surface area contributed by atoms with Crippen LogP contribution in [0.1, 0.15) is 30.8 Å². The largest absolute Gasteiger partial charge is 0.480 e. The summed E-state index contributed by atoms with van der Waals surface area (Å²) in [6, 6.07) is -0.900. The summed E-state index contributed by atoms with van der Waals surface area (Å²) in [4.78, 5) is 25.3. The smallest absolute Gasteiger partial charge is 0.328 e. The number of morpholine rings is 1. The van der Waals surface area contributed by atoms with Gasteiger partial charge in [0.15, 0.2) is 6.04 Å². The zero-order chi connectivity index (χ0) is 17.1. The van der Waals surface area contributed by atoms with E-state index in [1.807, 2.05) is 18.5 Å². The van der Waals surface area contributed by atoms with Gasteiger partial charge in [0.1, 0.15) is 0 Å². The van der Waals surface area contributed by atoms with Gasteiger partial charge in [-0.15, -0.1) is 0 Å². The molecule has 1 atom stereocenters. The zero-order valence-electron chi connectivity index (χ0n) is 14.2. The summed E-state index contributed by atoms with van der Waals surface area (Å²) in [5.41, 5.74) is 2.70. The fraction of sp³-hybridized carbons (Fsp3) is 0.688. The number of carboxylic acids is 1. The monoisotopic (exact) mass is 323 g/mol. The lowest BCUT2D eigenvalue weighted by Gasteiger charge is -2.33. The Labute approximate surface area is 136 Å². The number of ether oxygens (including phenoxy) is 1. The Morgan fingerprint density at radius 3 is 2.70 bits per heavy atom. The molecule has 1 amide bonds. The molecule has 1 aromatic rings. The van der Waals surface area contributed by atoms with Crippen molar-refractivity contribution in [3.8, 4) is 0 Å². The molecule has 0 spiro atoms. The maximum absolute atomic E-state index is 12.6. The summed E-state index contributed by atoms with van der Waals surface area (Å²) in [5.74, 6) is -0.745. The van der Waals surface area contributed by atoms with Crippen molar-refractivity contribution in [2.75, 3.05) is 19.8 Å². The van der Waals surface area contributed by atoms with Gasteiger partial charge < -0.3 is 14.7 Å². The topological polar surface area (TPSA) is 84.7 Å². The van der Waals surface area contributed by atoms with Gasteiger partial charge in [-0.2, -0.15) is 5.10 Å². The first kappa shape index (κ1) is 17.5. The van der Waals surface area contributed by atoms with Crippen molar-refractivity contribution >= 4 is 11.9 Å². The van der Waals surface area contributed by atoms with E-state index < -0.39 is 12.0 Å². The Kier molecular flexibility index (Phi) is 5.41. The molecule has 1 aliphatic rings. The molecule has 1 saturated heterocycles. The first-order valence-corrected chi connectivity index (χ1v) is 7.94. The number of aliphatic carboxylic acids is 1. The fourth-order valence-electron chi connectivity index (χ4n) is 2.87.